The number of carbonyl (C=O) groups is 1. The molecule has 1 rings (SSSR count). The van der Waals surface area contributed by atoms with E-state index < -0.39 is 21.3 Å². The summed E-state index contributed by atoms with van der Waals surface area (Å²) in [4.78, 5) is 11.3. The lowest BCUT2D eigenvalue weighted by atomic mass is 10.2. The molecule has 0 aromatic rings. The average Bonchev–Trinajstić information content (AvgIpc) is 2.24. The van der Waals surface area contributed by atoms with E-state index >= 15 is 0 Å². The van der Waals surface area contributed by atoms with Gasteiger partial charge in [0, 0.05) is 5.92 Å². The van der Waals surface area contributed by atoms with Crippen LogP contribution in [-0.2, 0) is 14.6 Å². The predicted octanol–water partition coefficient (Wildman–Crippen LogP) is 0.163. The summed E-state index contributed by atoms with van der Waals surface area (Å²) in [5.41, 5.74) is 0. The van der Waals surface area contributed by atoms with E-state index in [-0.39, 0.29) is 23.3 Å². The van der Waals surface area contributed by atoms with Crippen LogP contribution in [0.1, 0.15) is 13.8 Å². The second-order valence-corrected chi connectivity index (χ2v) is 6.58. The van der Waals surface area contributed by atoms with Gasteiger partial charge in [-0.05, 0) is 0 Å². The zero-order valence-corrected chi connectivity index (χ0v) is 9.73. The normalized spacial score (nSPS) is 30.6. The van der Waals surface area contributed by atoms with E-state index in [2.05, 4.69) is 5.32 Å². The van der Waals surface area contributed by atoms with E-state index in [9.17, 15) is 13.2 Å². The molecule has 2 unspecified atom stereocenters. The maximum Gasteiger partial charge on any atom is 0.222 e. The molecular formula is C8H14ClNO3S. The number of amides is 1. The van der Waals surface area contributed by atoms with Crippen LogP contribution in [-0.4, -0.2) is 37.2 Å². The Bertz CT molecular complexity index is 325. The first-order valence-electron chi connectivity index (χ1n) is 4.46. The van der Waals surface area contributed by atoms with Gasteiger partial charge < -0.3 is 5.32 Å². The number of rotatable bonds is 2. The molecule has 0 bridgehead atoms. The fourth-order valence-electron chi connectivity index (χ4n) is 1.29. The first-order valence-corrected chi connectivity index (χ1v) is 6.72. The summed E-state index contributed by atoms with van der Waals surface area (Å²) in [5.74, 6) is -0.392. The Morgan fingerprint density at radius 1 is 1.43 bits per heavy atom. The molecule has 0 radical (unpaired) electrons. The van der Waals surface area contributed by atoms with E-state index in [1.807, 2.05) is 0 Å². The molecule has 0 aliphatic carbocycles. The van der Waals surface area contributed by atoms with Crippen LogP contribution in [0, 0.1) is 5.92 Å². The number of halogens is 1. The highest BCUT2D eigenvalue weighted by Gasteiger charge is 2.37. The van der Waals surface area contributed by atoms with Gasteiger partial charge in [-0.15, -0.1) is 11.6 Å². The molecule has 0 saturated carbocycles. The lowest BCUT2D eigenvalue weighted by Gasteiger charge is -2.15. The number of carbonyl (C=O) groups excluding carboxylic acids is 1. The number of nitrogens with one attached hydrogen (secondary N) is 1. The van der Waals surface area contributed by atoms with Crippen LogP contribution in [0.4, 0.5) is 0 Å². The number of sulfone groups is 1. The minimum Gasteiger partial charge on any atom is -0.351 e. The van der Waals surface area contributed by atoms with Crippen molar-refractivity contribution < 1.29 is 13.2 Å². The van der Waals surface area contributed by atoms with Gasteiger partial charge >= 0.3 is 0 Å². The van der Waals surface area contributed by atoms with Crippen LogP contribution in [0.5, 0.6) is 0 Å². The molecule has 0 aromatic heterocycles. The van der Waals surface area contributed by atoms with Gasteiger partial charge in [0.25, 0.3) is 0 Å². The highest BCUT2D eigenvalue weighted by atomic mass is 35.5. The topological polar surface area (TPSA) is 63.2 Å². The van der Waals surface area contributed by atoms with Gasteiger partial charge in [0.05, 0.1) is 22.9 Å². The van der Waals surface area contributed by atoms with Crippen molar-refractivity contribution in [3.63, 3.8) is 0 Å². The Morgan fingerprint density at radius 2 is 2.00 bits per heavy atom. The Morgan fingerprint density at radius 3 is 2.36 bits per heavy atom. The summed E-state index contributed by atoms with van der Waals surface area (Å²) in [6, 6.07) is -0.434. The Balaban J connectivity index is 2.60. The third-order valence-electron chi connectivity index (χ3n) is 2.14. The summed E-state index contributed by atoms with van der Waals surface area (Å²) in [7, 11) is -3.06. The molecular weight excluding hydrogens is 226 g/mol. The van der Waals surface area contributed by atoms with Crippen molar-refractivity contribution in [3.05, 3.63) is 0 Å². The van der Waals surface area contributed by atoms with E-state index in [0.717, 1.165) is 0 Å². The molecule has 1 amide bonds. The highest BCUT2D eigenvalue weighted by molar-refractivity contribution is 7.91. The summed E-state index contributed by atoms with van der Waals surface area (Å²) in [6.45, 7) is 3.50. The lowest BCUT2D eigenvalue weighted by molar-refractivity contribution is -0.124. The zero-order valence-electron chi connectivity index (χ0n) is 8.16. The highest BCUT2D eigenvalue weighted by Crippen LogP contribution is 2.18. The Kier molecular flexibility index (Phi) is 3.42. The van der Waals surface area contributed by atoms with Crippen molar-refractivity contribution in [2.24, 2.45) is 5.92 Å². The molecule has 82 valence electrons. The maximum absolute atomic E-state index is 11.3. The lowest BCUT2D eigenvalue weighted by Crippen LogP contribution is -2.42. The zero-order chi connectivity index (χ0) is 10.9. The Hall–Kier alpha value is -0.290. The van der Waals surface area contributed by atoms with Gasteiger partial charge in [-0.25, -0.2) is 8.42 Å². The minimum atomic E-state index is -3.06. The third kappa shape index (κ3) is 2.85. The Labute approximate surface area is 88.9 Å². The van der Waals surface area contributed by atoms with Gasteiger partial charge in [-0.2, -0.15) is 0 Å². The molecule has 1 aliphatic heterocycles. The van der Waals surface area contributed by atoms with Crippen molar-refractivity contribution >= 4 is 27.3 Å². The van der Waals surface area contributed by atoms with Crippen molar-refractivity contribution in [1.29, 1.82) is 0 Å². The molecule has 4 nitrogen and oxygen atoms in total. The molecule has 1 heterocycles. The standard InChI is InChI=1S/C8H14ClNO3S/c1-5(2)8(11)10-7-4-14(12,13)3-6(7)9/h5-7H,3-4H2,1-2H3,(H,10,11). The first kappa shape index (κ1) is 11.8. The second-order valence-electron chi connectivity index (χ2n) is 3.86. The quantitative estimate of drug-likeness (QED) is 0.699. The molecule has 6 heteroatoms. The van der Waals surface area contributed by atoms with Crippen LogP contribution in [0.15, 0.2) is 0 Å². The van der Waals surface area contributed by atoms with Gasteiger partial charge in [0.1, 0.15) is 0 Å². The van der Waals surface area contributed by atoms with E-state index in [1.54, 1.807) is 13.8 Å². The van der Waals surface area contributed by atoms with Crippen LogP contribution in [0.2, 0.25) is 0 Å². The number of alkyl halides is 1. The average molecular weight is 240 g/mol. The first-order chi connectivity index (χ1) is 6.32. The molecule has 14 heavy (non-hydrogen) atoms. The fraction of sp³-hybridized carbons (Fsp3) is 0.875. The molecule has 2 atom stereocenters. The third-order valence-corrected chi connectivity index (χ3v) is 4.51. The smallest absolute Gasteiger partial charge is 0.222 e. The van der Waals surface area contributed by atoms with Crippen molar-refractivity contribution in [3.8, 4) is 0 Å². The summed E-state index contributed by atoms with van der Waals surface area (Å²) >= 11 is 5.82. The molecule has 1 N–H and O–H groups in total. The number of hydrogen-bond donors (Lipinski definition) is 1. The fourth-order valence-corrected chi connectivity index (χ4v) is 3.84. The molecule has 1 saturated heterocycles. The second kappa shape index (κ2) is 4.06. The molecule has 0 spiro atoms. The molecule has 0 aromatic carbocycles. The van der Waals surface area contributed by atoms with Crippen molar-refractivity contribution in [2.75, 3.05) is 11.5 Å². The molecule has 1 aliphatic rings. The van der Waals surface area contributed by atoms with Crippen molar-refractivity contribution in [1.82, 2.24) is 5.32 Å². The van der Waals surface area contributed by atoms with Crippen LogP contribution in [0.25, 0.3) is 0 Å². The van der Waals surface area contributed by atoms with Gasteiger partial charge in [0.15, 0.2) is 9.84 Å². The SMILES string of the molecule is CC(C)C(=O)NC1CS(=O)(=O)CC1Cl. The summed E-state index contributed by atoms with van der Waals surface area (Å²) in [5, 5.41) is 2.14. The van der Waals surface area contributed by atoms with Crippen LogP contribution >= 0.6 is 11.6 Å². The van der Waals surface area contributed by atoms with Crippen LogP contribution < -0.4 is 5.32 Å². The van der Waals surface area contributed by atoms with Crippen molar-refractivity contribution in [2.45, 2.75) is 25.3 Å². The van der Waals surface area contributed by atoms with E-state index in [0.29, 0.717) is 0 Å². The minimum absolute atomic E-state index is 0.0420. The summed E-state index contributed by atoms with van der Waals surface area (Å²) < 4.78 is 22.3. The van der Waals surface area contributed by atoms with E-state index in [4.69, 9.17) is 11.6 Å². The van der Waals surface area contributed by atoms with Gasteiger partial charge in [-0.3, -0.25) is 4.79 Å². The number of hydrogen-bond acceptors (Lipinski definition) is 3. The summed E-state index contributed by atoms with van der Waals surface area (Å²) in [6.07, 6.45) is 0. The van der Waals surface area contributed by atoms with E-state index in [1.165, 1.54) is 0 Å². The molecule has 1 fully saturated rings. The maximum atomic E-state index is 11.3. The predicted molar refractivity (Wildman–Crippen MR) is 55.1 cm³/mol. The van der Waals surface area contributed by atoms with Crippen LogP contribution in [0.3, 0.4) is 0 Å². The van der Waals surface area contributed by atoms with Gasteiger partial charge in [0.2, 0.25) is 5.91 Å². The monoisotopic (exact) mass is 239 g/mol. The van der Waals surface area contributed by atoms with Gasteiger partial charge in [-0.1, -0.05) is 13.8 Å². The largest absolute Gasteiger partial charge is 0.351 e.